The highest BCUT2D eigenvalue weighted by Gasteiger charge is 2.31. The number of hydrogen-bond acceptors (Lipinski definition) is 4. The smallest absolute Gasteiger partial charge is 0.340 e. The summed E-state index contributed by atoms with van der Waals surface area (Å²) in [5.74, 6) is 0.963. The highest BCUT2D eigenvalue weighted by Crippen LogP contribution is 2.30. The van der Waals surface area contributed by atoms with E-state index in [0.717, 1.165) is 19.5 Å². The molecule has 1 saturated heterocycles. The number of rotatable bonds is 6. The number of H-pyrrole nitrogens is 2. The number of aromatic amines is 2. The monoisotopic (exact) mass is 364 g/mol. The Morgan fingerprint density at radius 2 is 1.81 bits per heavy atom. The topological polar surface area (TPSA) is 74.0 Å². The van der Waals surface area contributed by atoms with E-state index in [0.29, 0.717) is 19.0 Å². The third-order valence-electron chi connectivity index (χ3n) is 5.09. The Hall–Kier alpha value is -2.70. The summed E-state index contributed by atoms with van der Waals surface area (Å²) in [7, 11) is 0. The van der Waals surface area contributed by atoms with Gasteiger partial charge in [0.05, 0.1) is 19.3 Å². The predicted molar refractivity (Wildman–Crippen MR) is 103 cm³/mol. The second kappa shape index (κ2) is 8.33. The molecule has 0 radical (unpaired) electrons. The normalized spacial score (nSPS) is 20.6. The number of benzene rings is 2. The Bertz CT molecular complexity index is 891. The molecule has 2 N–H and O–H groups in total. The fourth-order valence-corrected chi connectivity index (χ4v) is 3.73. The van der Waals surface area contributed by atoms with Crippen molar-refractivity contribution in [1.82, 2.24) is 20.1 Å². The van der Waals surface area contributed by atoms with E-state index in [2.05, 4.69) is 56.5 Å². The van der Waals surface area contributed by atoms with E-state index < -0.39 is 0 Å². The van der Waals surface area contributed by atoms with Gasteiger partial charge < -0.3 is 4.74 Å². The Morgan fingerprint density at radius 3 is 2.52 bits per heavy atom. The molecule has 1 fully saturated rings. The number of nitrogens with zero attached hydrogens (tertiary/aromatic N) is 2. The maximum Gasteiger partial charge on any atom is 0.340 e. The number of likely N-dealkylation sites (tertiary alicyclic amines) is 1. The van der Waals surface area contributed by atoms with Crippen LogP contribution in [-0.2, 0) is 17.9 Å². The van der Waals surface area contributed by atoms with Crippen LogP contribution in [-0.4, -0.2) is 39.3 Å². The summed E-state index contributed by atoms with van der Waals surface area (Å²) in [6.45, 7) is 3.05. The van der Waals surface area contributed by atoms with Gasteiger partial charge in [-0.25, -0.2) is 9.89 Å². The summed E-state index contributed by atoms with van der Waals surface area (Å²) in [4.78, 5) is 16.3. The minimum absolute atomic E-state index is 0.169. The van der Waals surface area contributed by atoms with Crippen molar-refractivity contribution in [3.8, 4) is 0 Å². The average Bonchev–Trinajstić information content (AvgIpc) is 3.13. The van der Waals surface area contributed by atoms with Crippen LogP contribution in [0.25, 0.3) is 0 Å². The maximum atomic E-state index is 11.3. The first-order valence-corrected chi connectivity index (χ1v) is 9.34. The van der Waals surface area contributed by atoms with Gasteiger partial charge >= 0.3 is 5.69 Å². The lowest BCUT2D eigenvalue weighted by molar-refractivity contribution is -0.0202. The molecule has 3 aromatic rings. The Morgan fingerprint density at radius 1 is 1.07 bits per heavy atom. The molecule has 6 nitrogen and oxygen atoms in total. The van der Waals surface area contributed by atoms with E-state index >= 15 is 0 Å². The lowest BCUT2D eigenvalue weighted by Gasteiger charge is -2.38. The van der Waals surface area contributed by atoms with Crippen molar-refractivity contribution in [1.29, 1.82) is 0 Å². The summed E-state index contributed by atoms with van der Waals surface area (Å²) in [5, 5.41) is 6.47. The molecule has 0 bridgehead atoms. The van der Waals surface area contributed by atoms with Crippen molar-refractivity contribution in [2.45, 2.75) is 31.6 Å². The van der Waals surface area contributed by atoms with Gasteiger partial charge in [0.15, 0.2) is 0 Å². The molecule has 2 aromatic carbocycles. The quantitative estimate of drug-likeness (QED) is 0.705. The van der Waals surface area contributed by atoms with E-state index in [1.165, 1.54) is 11.1 Å². The van der Waals surface area contributed by atoms with Crippen molar-refractivity contribution in [3.05, 3.63) is 88.1 Å². The molecule has 1 aliphatic rings. The molecule has 0 spiro atoms. The molecular weight excluding hydrogens is 340 g/mol. The van der Waals surface area contributed by atoms with E-state index in [-0.39, 0.29) is 17.7 Å². The number of hydrogen-bond donors (Lipinski definition) is 2. The molecule has 0 saturated carbocycles. The van der Waals surface area contributed by atoms with Crippen LogP contribution < -0.4 is 5.69 Å². The highest BCUT2D eigenvalue weighted by molar-refractivity contribution is 5.22. The van der Waals surface area contributed by atoms with Crippen LogP contribution in [0.5, 0.6) is 0 Å². The average molecular weight is 364 g/mol. The molecule has 0 aliphatic carbocycles. The van der Waals surface area contributed by atoms with Gasteiger partial charge in [-0.1, -0.05) is 60.7 Å². The van der Waals surface area contributed by atoms with Crippen LogP contribution in [0.3, 0.4) is 0 Å². The zero-order valence-electron chi connectivity index (χ0n) is 15.2. The van der Waals surface area contributed by atoms with Crippen molar-refractivity contribution in [3.63, 3.8) is 0 Å². The molecule has 2 heterocycles. The lowest BCUT2D eigenvalue weighted by Crippen LogP contribution is -2.42. The van der Waals surface area contributed by atoms with Gasteiger partial charge in [0, 0.05) is 19.0 Å². The second-order valence-electron chi connectivity index (χ2n) is 7.00. The highest BCUT2D eigenvalue weighted by atomic mass is 16.5. The molecule has 140 valence electrons. The zero-order chi connectivity index (χ0) is 18.5. The lowest BCUT2D eigenvalue weighted by atomic mass is 9.87. The second-order valence-corrected chi connectivity index (χ2v) is 7.00. The minimum Gasteiger partial charge on any atom is -0.373 e. The van der Waals surface area contributed by atoms with Crippen molar-refractivity contribution in [2.75, 3.05) is 13.1 Å². The maximum absolute atomic E-state index is 11.3. The molecule has 2 atom stereocenters. The number of ether oxygens (including phenoxy) is 1. The fraction of sp³-hybridized carbons (Fsp3) is 0.333. The standard InChI is InChI=1S/C21H24N4O2/c26-21-22-20(23-24-21)14-25-12-11-19(27-15-16-7-3-1-4-8-16)18(13-25)17-9-5-2-6-10-17/h1-10,18-19H,11-15H2,(H2,22,23,24,26)/t18-,19+/m0/s1. The van der Waals surface area contributed by atoms with Crippen LogP contribution in [0, 0.1) is 0 Å². The van der Waals surface area contributed by atoms with E-state index in [4.69, 9.17) is 4.74 Å². The first kappa shape index (κ1) is 17.7. The summed E-state index contributed by atoms with van der Waals surface area (Å²) in [6, 6.07) is 20.8. The minimum atomic E-state index is -0.259. The number of aromatic nitrogens is 3. The molecule has 4 rings (SSSR count). The van der Waals surface area contributed by atoms with Crippen molar-refractivity contribution in [2.24, 2.45) is 0 Å². The Kier molecular flexibility index (Phi) is 5.46. The van der Waals surface area contributed by atoms with Gasteiger partial charge in [-0.15, -0.1) is 0 Å². The van der Waals surface area contributed by atoms with Crippen molar-refractivity contribution >= 4 is 0 Å². The first-order valence-electron chi connectivity index (χ1n) is 9.34. The molecule has 6 heteroatoms. The summed E-state index contributed by atoms with van der Waals surface area (Å²) >= 11 is 0. The number of nitrogens with one attached hydrogen (secondary N) is 2. The van der Waals surface area contributed by atoms with E-state index in [1.807, 2.05) is 24.3 Å². The van der Waals surface area contributed by atoms with Gasteiger partial charge in [-0.05, 0) is 17.5 Å². The molecular formula is C21H24N4O2. The van der Waals surface area contributed by atoms with E-state index in [1.54, 1.807) is 0 Å². The van der Waals surface area contributed by atoms with Crippen LogP contribution >= 0.6 is 0 Å². The predicted octanol–water partition coefficient (Wildman–Crippen LogP) is 2.67. The van der Waals surface area contributed by atoms with Gasteiger partial charge in [0.25, 0.3) is 0 Å². The van der Waals surface area contributed by atoms with E-state index in [9.17, 15) is 4.79 Å². The fourth-order valence-electron chi connectivity index (χ4n) is 3.73. The summed E-state index contributed by atoms with van der Waals surface area (Å²) in [5.41, 5.74) is 2.22. The van der Waals surface area contributed by atoms with Gasteiger partial charge in [0.2, 0.25) is 0 Å². The largest absolute Gasteiger partial charge is 0.373 e. The molecule has 1 aromatic heterocycles. The van der Waals surface area contributed by atoms with Crippen molar-refractivity contribution < 1.29 is 4.74 Å². The van der Waals surface area contributed by atoms with Crippen LogP contribution in [0.2, 0.25) is 0 Å². The Balaban J connectivity index is 1.46. The summed E-state index contributed by atoms with van der Waals surface area (Å²) in [6.07, 6.45) is 1.11. The van der Waals surface area contributed by atoms with Gasteiger partial charge in [-0.3, -0.25) is 9.88 Å². The third-order valence-corrected chi connectivity index (χ3v) is 5.09. The SMILES string of the molecule is O=c1[nH]nc(CN2CC[C@@H](OCc3ccccc3)[C@H](c3ccccc3)C2)[nH]1. The van der Waals surface area contributed by atoms with Gasteiger partial charge in [0.1, 0.15) is 5.82 Å². The summed E-state index contributed by atoms with van der Waals surface area (Å²) < 4.78 is 6.33. The van der Waals surface area contributed by atoms with Crippen LogP contribution in [0.4, 0.5) is 0 Å². The van der Waals surface area contributed by atoms with Crippen LogP contribution in [0.15, 0.2) is 65.5 Å². The molecule has 0 amide bonds. The first-order chi connectivity index (χ1) is 13.3. The molecule has 27 heavy (non-hydrogen) atoms. The molecule has 0 unspecified atom stereocenters. The third kappa shape index (κ3) is 4.53. The van der Waals surface area contributed by atoms with Gasteiger partial charge in [-0.2, -0.15) is 5.10 Å². The number of piperidine rings is 1. The van der Waals surface area contributed by atoms with Crippen LogP contribution in [0.1, 0.15) is 29.3 Å². The Labute approximate surface area is 158 Å². The zero-order valence-corrected chi connectivity index (χ0v) is 15.2. The molecule has 1 aliphatic heterocycles.